The molecular formula is C19H25NO5. The lowest BCUT2D eigenvalue weighted by molar-refractivity contribution is -0.127. The number of rotatable bonds is 8. The Kier molecular flexibility index (Phi) is 6.58. The quantitative estimate of drug-likeness (QED) is 0.565. The monoisotopic (exact) mass is 347 g/mol. The number of benzene rings is 1. The SMILES string of the molecule is CCCc1cc(=O)oc2cc(C)cc(O[C@@H](C)C(=O)NCCCO)c12. The van der Waals surface area contributed by atoms with Gasteiger partial charge in [-0.3, -0.25) is 4.79 Å². The van der Waals surface area contributed by atoms with E-state index in [0.717, 1.165) is 29.4 Å². The summed E-state index contributed by atoms with van der Waals surface area (Å²) < 4.78 is 11.2. The average molecular weight is 347 g/mol. The Morgan fingerprint density at radius 2 is 2.12 bits per heavy atom. The van der Waals surface area contributed by atoms with E-state index in [0.29, 0.717) is 24.3 Å². The summed E-state index contributed by atoms with van der Waals surface area (Å²) in [6, 6.07) is 5.13. The van der Waals surface area contributed by atoms with Gasteiger partial charge in [-0.15, -0.1) is 0 Å². The summed E-state index contributed by atoms with van der Waals surface area (Å²) in [6.45, 7) is 6.00. The first-order valence-corrected chi connectivity index (χ1v) is 8.58. The smallest absolute Gasteiger partial charge is 0.336 e. The zero-order valence-corrected chi connectivity index (χ0v) is 14.9. The minimum Gasteiger partial charge on any atom is -0.480 e. The molecule has 136 valence electrons. The first-order valence-electron chi connectivity index (χ1n) is 8.58. The molecule has 25 heavy (non-hydrogen) atoms. The van der Waals surface area contributed by atoms with Crippen molar-refractivity contribution in [2.75, 3.05) is 13.2 Å². The highest BCUT2D eigenvalue weighted by Crippen LogP contribution is 2.31. The van der Waals surface area contributed by atoms with E-state index in [9.17, 15) is 9.59 Å². The van der Waals surface area contributed by atoms with Crippen LogP contribution in [0.1, 0.15) is 37.8 Å². The van der Waals surface area contributed by atoms with Gasteiger partial charge in [-0.2, -0.15) is 0 Å². The van der Waals surface area contributed by atoms with Gasteiger partial charge < -0.3 is 19.6 Å². The minimum atomic E-state index is -0.704. The van der Waals surface area contributed by atoms with Gasteiger partial charge in [0, 0.05) is 19.2 Å². The fourth-order valence-corrected chi connectivity index (χ4v) is 2.71. The molecule has 1 atom stereocenters. The summed E-state index contributed by atoms with van der Waals surface area (Å²) in [6.07, 6.45) is 1.39. The molecule has 6 heteroatoms. The molecular weight excluding hydrogens is 322 g/mol. The summed E-state index contributed by atoms with van der Waals surface area (Å²) >= 11 is 0. The highest BCUT2D eigenvalue weighted by atomic mass is 16.5. The summed E-state index contributed by atoms with van der Waals surface area (Å²) in [5.74, 6) is 0.282. The van der Waals surface area contributed by atoms with Crippen molar-refractivity contribution >= 4 is 16.9 Å². The number of aliphatic hydroxyl groups excluding tert-OH is 1. The molecule has 2 rings (SSSR count). The van der Waals surface area contributed by atoms with Crippen LogP contribution in [0.5, 0.6) is 5.75 Å². The lowest BCUT2D eigenvalue weighted by Gasteiger charge is -2.17. The third-order valence-electron chi connectivity index (χ3n) is 3.86. The van der Waals surface area contributed by atoms with Crippen LogP contribution in [0.25, 0.3) is 11.0 Å². The summed E-state index contributed by atoms with van der Waals surface area (Å²) in [4.78, 5) is 23.9. The highest BCUT2D eigenvalue weighted by molar-refractivity contribution is 5.88. The Bertz CT molecular complexity index is 796. The normalized spacial score (nSPS) is 12.2. The molecule has 0 aliphatic heterocycles. The number of ether oxygens (including phenoxy) is 1. The van der Waals surface area contributed by atoms with Crippen molar-refractivity contribution in [1.82, 2.24) is 5.32 Å². The molecule has 0 aliphatic carbocycles. The molecule has 1 amide bonds. The molecule has 2 aromatic rings. The Morgan fingerprint density at radius 3 is 2.80 bits per heavy atom. The van der Waals surface area contributed by atoms with Crippen LogP contribution in [0.2, 0.25) is 0 Å². The van der Waals surface area contributed by atoms with E-state index < -0.39 is 6.10 Å². The van der Waals surface area contributed by atoms with E-state index >= 15 is 0 Å². The number of amides is 1. The maximum atomic E-state index is 12.1. The first-order chi connectivity index (χ1) is 12.0. The maximum Gasteiger partial charge on any atom is 0.336 e. The van der Waals surface area contributed by atoms with E-state index in [4.69, 9.17) is 14.3 Å². The van der Waals surface area contributed by atoms with E-state index in [1.165, 1.54) is 6.07 Å². The number of hydrogen-bond donors (Lipinski definition) is 2. The van der Waals surface area contributed by atoms with Crippen LogP contribution in [0.15, 0.2) is 27.4 Å². The lowest BCUT2D eigenvalue weighted by Crippen LogP contribution is -2.37. The number of aryl methyl sites for hydroxylation is 2. The topological polar surface area (TPSA) is 88.8 Å². The van der Waals surface area contributed by atoms with Crippen LogP contribution in [0.3, 0.4) is 0 Å². The molecule has 6 nitrogen and oxygen atoms in total. The fraction of sp³-hybridized carbons (Fsp3) is 0.474. The summed E-state index contributed by atoms with van der Waals surface area (Å²) in [5.41, 5.74) is 1.82. The lowest BCUT2D eigenvalue weighted by atomic mass is 10.0. The molecule has 1 aromatic heterocycles. The number of carbonyl (C=O) groups excluding carboxylic acids is 1. The van der Waals surface area contributed by atoms with Gasteiger partial charge in [-0.25, -0.2) is 4.79 Å². The Morgan fingerprint density at radius 1 is 1.36 bits per heavy atom. The molecule has 2 N–H and O–H groups in total. The van der Waals surface area contributed by atoms with Gasteiger partial charge in [-0.1, -0.05) is 13.3 Å². The van der Waals surface area contributed by atoms with Crippen molar-refractivity contribution in [2.45, 2.75) is 46.1 Å². The second-order valence-corrected chi connectivity index (χ2v) is 6.11. The molecule has 0 saturated heterocycles. The van der Waals surface area contributed by atoms with Crippen LogP contribution >= 0.6 is 0 Å². The predicted octanol–water partition coefficient (Wildman–Crippen LogP) is 2.32. The van der Waals surface area contributed by atoms with Crippen LogP contribution < -0.4 is 15.7 Å². The van der Waals surface area contributed by atoms with Gasteiger partial charge in [0.2, 0.25) is 0 Å². The van der Waals surface area contributed by atoms with Crippen molar-refractivity contribution in [3.63, 3.8) is 0 Å². The van der Waals surface area contributed by atoms with Gasteiger partial charge >= 0.3 is 5.63 Å². The van der Waals surface area contributed by atoms with Crippen LogP contribution in [-0.2, 0) is 11.2 Å². The van der Waals surface area contributed by atoms with Gasteiger partial charge in [0.05, 0.1) is 5.39 Å². The maximum absolute atomic E-state index is 12.1. The molecule has 0 unspecified atom stereocenters. The summed E-state index contributed by atoms with van der Waals surface area (Å²) in [7, 11) is 0. The van der Waals surface area contributed by atoms with Crippen LogP contribution in [-0.4, -0.2) is 30.3 Å². The number of carbonyl (C=O) groups is 1. The second kappa shape index (κ2) is 8.67. The minimum absolute atomic E-state index is 0.0252. The van der Waals surface area contributed by atoms with Gasteiger partial charge in [0.15, 0.2) is 6.10 Å². The average Bonchev–Trinajstić information content (AvgIpc) is 2.54. The van der Waals surface area contributed by atoms with E-state index in [1.54, 1.807) is 13.0 Å². The Hall–Kier alpha value is -2.34. The fourth-order valence-electron chi connectivity index (χ4n) is 2.71. The Labute approximate surface area is 146 Å². The number of hydrogen-bond acceptors (Lipinski definition) is 5. The third kappa shape index (κ3) is 4.82. The zero-order valence-electron chi connectivity index (χ0n) is 14.9. The van der Waals surface area contributed by atoms with Crippen molar-refractivity contribution < 1.29 is 19.1 Å². The van der Waals surface area contributed by atoms with Crippen molar-refractivity contribution in [2.24, 2.45) is 0 Å². The van der Waals surface area contributed by atoms with E-state index in [2.05, 4.69) is 5.32 Å². The van der Waals surface area contributed by atoms with Gasteiger partial charge in [-0.05, 0) is 49.9 Å². The standard InChI is InChI=1S/C19H25NO5/c1-4-6-14-11-17(22)25-16-10-12(2)9-15(18(14)16)24-13(3)19(23)20-7-5-8-21/h9-11,13,21H,4-8H2,1-3H3,(H,20,23)/t13-/m0/s1. The highest BCUT2D eigenvalue weighted by Gasteiger charge is 2.18. The first kappa shape index (κ1) is 19.0. The molecule has 1 heterocycles. The van der Waals surface area contributed by atoms with Crippen LogP contribution in [0.4, 0.5) is 0 Å². The van der Waals surface area contributed by atoms with Crippen molar-refractivity contribution in [3.05, 3.63) is 39.7 Å². The number of nitrogens with one attached hydrogen (secondary N) is 1. The van der Waals surface area contributed by atoms with Crippen molar-refractivity contribution in [3.8, 4) is 5.75 Å². The van der Waals surface area contributed by atoms with Gasteiger partial charge in [0.1, 0.15) is 11.3 Å². The van der Waals surface area contributed by atoms with E-state index in [1.807, 2.05) is 19.9 Å². The predicted molar refractivity (Wildman–Crippen MR) is 96.0 cm³/mol. The van der Waals surface area contributed by atoms with Crippen molar-refractivity contribution in [1.29, 1.82) is 0 Å². The second-order valence-electron chi connectivity index (χ2n) is 6.11. The molecule has 1 aromatic carbocycles. The van der Waals surface area contributed by atoms with Gasteiger partial charge in [0.25, 0.3) is 5.91 Å². The zero-order chi connectivity index (χ0) is 18.4. The number of fused-ring (bicyclic) bond motifs is 1. The molecule has 0 aliphatic rings. The molecule has 0 fully saturated rings. The molecule has 0 bridgehead atoms. The molecule has 0 saturated carbocycles. The Balaban J connectivity index is 2.36. The third-order valence-corrected chi connectivity index (χ3v) is 3.86. The van der Waals surface area contributed by atoms with E-state index in [-0.39, 0.29) is 18.1 Å². The number of aliphatic hydroxyl groups is 1. The summed E-state index contributed by atoms with van der Waals surface area (Å²) in [5, 5.41) is 12.2. The van der Waals surface area contributed by atoms with Crippen LogP contribution in [0, 0.1) is 6.92 Å². The molecule has 0 radical (unpaired) electrons. The largest absolute Gasteiger partial charge is 0.480 e. The molecule has 0 spiro atoms.